The van der Waals surface area contributed by atoms with E-state index >= 15 is 0 Å². The molecule has 0 radical (unpaired) electrons. The van der Waals surface area contributed by atoms with Crippen LogP contribution < -0.4 is 10.6 Å². The number of thiocarbonyl (C=S) groups is 1. The summed E-state index contributed by atoms with van der Waals surface area (Å²) < 4.78 is 8.45. The number of halogens is 1. The molecule has 0 fully saturated rings. The molecule has 0 saturated carbocycles. The van der Waals surface area contributed by atoms with E-state index in [1.54, 1.807) is 11.3 Å². The van der Waals surface area contributed by atoms with Crippen molar-refractivity contribution in [3.63, 3.8) is 0 Å². The summed E-state index contributed by atoms with van der Waals surface area (Å²) in [5, 5.41) is 12.6. The first-order valence-electron chi connectivity index (χ1n) is 12.1. The minimum Gasteiger partial charge on any atom is -0.462 e. The Morgan fingerprint density at radius 1 is 1.14 bits per heavy atom. The summed E-state index contributed by atoms with van der Waals surface area (Å²) in [6.07, 6.45) is 6.57. The van der Waals surface area contributed by atoms with Gasteiger partial charge in [-0.1, -0.05) is 40.9 Å². The van der Waals surface area contributed by atoms with Crippen molar-refractivity contribution in [3.8, 4) is 0 Å². The number of thiophene rings is 1. The zero-order chi connectivity index (χ0) is 24.9. The SMILES string of the molecule is CCOC(=O)c1c(NC(=S)Nc2c(C)nn(Cc3ccc(Br)cc3)c2C)sc2c1CCCCCC2. The van der Waals surface area contributed by atoms with Crippen LogP contribution in [0.5, 0.6) is 0 Å². The van der Waals surface area contributed by atoms with Crippen LogP contribution >= 0.6 is 39.5 Å². The Morgan fingerprint density at radius 2 is 1.86 bits per heavy atom. The summed E-state index contributed by atoms with van der Waals surface area (Å²) in [4.78, 5) is 14.2. The van der Waals surface area contributed by atoms with Gasteiger partial charge in [-0.3, -0.25) is 4.68 Å². The summed E-state index contributed by atoms with van der Waals surface area (Å²) in [5.74, 6) is -0.273. The lowest BCUT2D eigenvalue weighted by Crippen LogP contribution is -2.21. The largest absolute Gasteiger partial charge is 0.462 e. The molecule has 9 heteroatoms. The van der Waals surface area contributed by atoms with E-state index in [1.807, 2.05) is 37.6 Å². The number of aryl methyl sites for hydroxylation is 2. The zero-order valence-electron chi connectivity index (χ0n) is 20.4. The van der Waals surface area contributed by atoms with Crippen LogP contribution in [0.2, 0.25) is 0 Å². The molecular formula is C26H31BrN4O2S2. The number of carbonyl (C=O) groups excluding carboxylic acids is 1. The molecule has 0 amide bonds. The molecule has 1 aliphatic rings. The van der Waals surface area contributed by atoms with Gasteiger partial charge in [0.25, 0.3) is 0 Å². The number of hydrogen-bond acceptors (Lipinski definition) is 5. The van der Waals surface area contributed by atoms with Gasteiger partial charge in [-0.25, -0.2) is 4.79 Å². The van der Waals surface area contributed by atoms with Crippen LogP contribution in [0.3, 0.4) is 0 Å². The average Bonchev–Trinajstić information content (AvgIpc) is 3.26. The highest BCUT2D eigenvalue weighted by Gasteiger charge is 2.26. The van der Waals surface area contributed by atoms with Crippen molar-refractivity contribution in [2.24, 2.45) is 0 Å². The quantitative estimate of drug-likeness (QED) is 0.243. The Balaban J connectivity index is 1.54. The Labute approximate surface area is 224 Å². The highest BCUT2D eigenvalue weighted by molar-refractivity contribution is 9.10. The van der Waals surface area contributed by atoms with Crippen LogP contribution in [0.1, 0.15) is 70.4 Å². The van der Waals surface area contributed by atoms with Crippen molar-refractivity contribution in [2.45, 2.75) is 65.8 Å². The van der Waals surface area contributed by atoms with E-state index in [0.29, 0.717) is 23.8 Å². The van der Waals surface area contributed by atoms with E-state index in [-0.39, 0.29) is 5.97 Å². The maximum atomic E-state index is 12.9. The van der Waals surface area contributed by atoms with Crippen LogP contribution in [0, 0.1) is 13.8 Å². The second-order valence-electron chi connectivity index (χ2n) is 8.75. The number of rotatable bonds is 6. The molecule has 2 heterocycles. The van der Waals surface area contributed by atoms with E-state index in [2.05, 4.69) is 38.7 Å². The first-order chi connectivity index (χ1) is 16.9. The third-order valence-electron chi connectivity index (χ3n) is 6.24. The fraction of sp³-hybridized carbons (Fsp3) is 0.423. The number of nitrogens with one attached hydrogen (secondary N) is 2. The lowest BCUT2D eigenvalue weighted by Gasteiger charge is -2.13. The van der Waals surface area contributed by atoms with Gasteiger partial charge in [0.2, 0.25) is 0 Å². The van der Waals surface area contributed by atoms with Crippen molar-refractivity contribution in [3.05, 3.63) is 61.7 Å². The second kappa shape index (κ2) is 11.7. The molecule has 0 spiro atoms. The lowest BCUT2D eigenvalue weighted by molar-refractivity contribution is 0.0526. The minimum absolute atomic E-state index is 0.273. The van der Waals surface area contributed by atoms with Crippen molar-refractivity contribution < 1.29 is 9.53 Å². The normalized spacial score (nSPS) is 13.5. The molecule has 0 atom stereocenters. The van der Waals surface area contributed by atoms with E-state index in [9.17, 15) is 4.79 Å². The summed E-state index contributed by atoms with van der Waals surface area (Å²) in [5.41, 5.74) is 5.70. The van der Waals surface area contributed by atoms with Crippen LogP contribution in [0.25, 0.3) is 0 Å². The van der Waals surface area contributed by atoms with E-state index in [0.717, 1.165) is 57.8 Å². The zero-order valence-corrected chi connectivity index (χ0v) is 23.6. The molecule has 1 aliphatic carbocycles. The molecule has 3 aromatic rings. The predicted octanol–water partition coefficient (Wildman–Crippen LogP) is 7.02. The Kier molecular flexibility index (Phi) is 8.62. The van der Waals surface area contributed by atoms with E-state index in [1.165, 1.54) is 23.3 Å². The predicted molar refractivity (Wildman–Crippen MR) is 151 cm³/mol. The molecule has 0 unspecified atom stereocenters. The maximum absolute atomic E-state index is 12.9. The third kappa shape index (κ3) is 6.13. The molecule has 1 aromatic carbocycles. The highest BCUT2D eigenvalue weighted by Crippen LogP contribution is 2.38. The molecule has 2 N–H and O–H groups in total. The number of ether oxygens (including phenoxy) is 1. The monoisotopic (exact) mass is 574 g/mol. The number of hydrogen-bond donors (Lipinski definition) is 2. The minimum atomic E-state index is -0.273. The molecule has 2 aromatic heterocycles. The van der Waals surface area contributed by atoms with E-state index in [4.69, 9.17) is 22.1 Å². The second-order valence-corrected chi connectivity index (χ2v) is 11.2. The average molecular weight is 576 g/mol. The van der Waals surface area contributed by atoms with Gasteiger partial charge in [-0.05, 0) is 81.9 Å². The molecule has 186 valence electrons. The Bertz CT molecular complexity index is 1220. The number of benzene rings is 1. The fourth-order valence-corrected chi connectivity index (χ4v) is 6.28. The van der Waals surface area contributed by atoms with Gasteiger partial charge in [0, 0.05) is 9.35 Å². The number of fused-ring (bicyclic) bond motifs is 1. The summed E-state index contributed by atoms with van der Waals surface area (Å²) in [7, 11) is 0. The Morgan fingerprint density at radius 3 is 2.57 bits per heavy atom. The number of aromatic nitrogens is 2. The fourth-order valence-electron chi connectivity index (χ4n) is 4.47. The number of nitrogens with zero attached hydrogens (tertiary/aromatic N) is 2. The van der Waals surface area contributed by atoms with Gasteiger partial charge in [-0.15, -0.1) is 11.3 Å². The third-order valence-corrected chi connectivity index (χ3v) is 8.18. The highest BCUT2D eigenvalue weighted by atomic mass is 79.9. The smallest absolute Gasteiger partial charge is 0.341 e. The molecular weight excluding hydrogens is 544 g/mol. The van der Waals surface area contributed by atoms with Gasteiger partial charge < -0.3 is 15.4 Å². The summed E-state index contributed by atoms with van der Waals surface area (Å²) >= 11 is 10.8. The lowest BCUT2D eigenvalue weighted by atomic mass is 9.96. The van der Waals surface area contributed by atoms with Gasteiger partial charge in [0.05, 0.1) is 35.8 Å². The Hall–Kier alpha value is -2.23. The van der Waals surface area contributed by atoms with Crippen molar-refractivity contribution in [1.82, 2.24) is 9.78 Å². The maximum Gasteiger partial charge on any atom is 0.341 e. The molecule has 0 bridgehead atoms. The van der Waals surface area contributed by atoms with Gasteiger partial charge in [-0.2, -0.15) is 5.10 Å². The summed E-state index contributed by atoms with van der Waals surface area (Å²) in [6, 6.07) is 8.23. The molecule has 35 heavy (non-hydrogen) atoms. The molecule has 0 aliphatic heterocycles. The van der Waals surface area contributed by atoms with Gasteiger partial charge in [0.1, 0.15) is 5.00 Å². The standard InChI is InChI=1S/C26H31BrN4O2S2/c1-4-33-25(32)22-20-9-7-5-6-8-10-21(20)35-24(22)29-26(34)28-23-16(2)30-31(17(23)3)15-18-11-13-19(27)14-12-18/h11-14H,4-10,15H2,1-3H3,(H2,28,29,34). The number of carbonyl (C=O) groups is 1. The van der Waals surface area contributed by atoms with Gasteiger partial charge in [0.15, 0.2) is 5.11 Å². The van der Waals surface area contributed by atoms with Crippen molar-refractivity contribution >= 4 is 61.3 Å². The van der Waals surface area contributed by atoms with Crippen LogP contribution in [-0.4, -0.2) is 27.5 Å². The molecule has 4 rings (SSSR count). The first kappa shape index (κ1) is 25.9. The van der Waals surface area contributed by atoms with Crippen molar-refractivity contribution in [2.75, 3.05) is 17.2 Å². The number of esters is 1. The van der Waals surface area contributed by atoms with E-state index < -0.39 is 0 Å². The van der Waals surface area contributed by atoms with Crippen molar-refractivity contribution in [1.29, 1.82) is 0 Å². The van der Waals surface area contributed by atoms with Crippen LogP contribution in [0.4, 0.5) is 10.7 Å². The topological polar surface area (TPSA) is 68.2 Å². The summed E-state index contributed by atoms with van der Waals surface area (Å²) in [6.45, 7) is 6.86. The molecule has 0 saturated heterocycles. The van der Waals surface area contributed by atoms with Crippen LogP contribution in [-0.2, 0) is 24.1 Å². The first-order valence-corrected chi connectivity index (χ1v) is 14.1. The van der Waals surface area contributed by atoms with Crippen LogP contribution in [0.15, 0.2) is 28.7 Å². The number of anilines is 2. The molecule has 6 nitrogen and oxygen atoms in total. The van der Waals surface area contributed by atoms with Gasteiger partial charge >= 0.3 is 5.97 Å².